The minimum atomic E-state index is -0.668. The van der Waals surface area contributed by atoms with Crippen molar-refractivity contribution in [3.8, 4) is 0 Å². The van der Waals surface area contributed by atoms with Crippen molar-refractivity contribution < 1.29 is 14.0 Å². The van der Waals surface area contributed by atoms with Crippen LogP contribution in [0.15, 0.2) is 48.5 Å². The van der Waals surface area contributed by atoms with E-state index in [2.05, 4.69) is 5.32 Å². The molecule has 0 aliphatic rings. The number of hydrogen-bond donors (Lipinski definition) is 1. The highest BCUT2D eigenvalue weighted by Gasteiger charge is 2.26. The molecule has 2 aromatic carbocycles. The Labute approximate surface area is 170 Å². The molecule has 2 amide bonds. The average Bonchev–Trinajstić information content (AvgIpc) is 2.66. The monoisotopic (exact) mass is 404 g/mol. The Balaban J connectivity index is 2.21. The lowest BCUT2D eigenvalue weighted by Crippen LogP contribution is -2.48. The van der Waals surface area contributed by atoms with Gasteiger partial charge in [0.2, 0.25) is 11.8 Å². The van der Waals surface area contributed by atoms with Crippen LogP contribution in [0.3, 0.4) is 0 Å². The van der Waals surface area contributed by atoms with E-state index in [1.54, 1.807) is 37.3 Å². The molecule has 150 valence electrons. The Morgan fingerprint density at radius 1 is 1.07 bits per heavy atom. The molecule has 0 fully saturated rings. The van der Waals surface area contributed by atoms with Gasteiger partial charge in [0.1, 0.15) is 11.9 Å². The number of rotatable bonds is 8. The van der Waals surface area contributed by atoms with Crippen molar-refractivity contribution in [3.05, 3.63) is 70.5 Å². The number of benzene rings is 2. The van der Waals surface area contributed by atoms with Crippen LogP contribution in [0.4, 0.5) is 4.39 Å². The molecule has 0 radical (unpaired) electrons. The van der Waals surface area contributed by atoms with Gasteiger partial charge in [-0.1, -0.05) is 55.8 Å². The first-order valence-corrected chi connectivity index (χ1v) is 9.70. The summed E-state index contributed by atoms with van der Waals surface area (Å²) < 4.78 is 13.2. The predicted octanol–water partition coefficient (Wildman–Crippen LogP) is 4.21. The van der Waals surface area contributed by atoms with Crippen LogP contribution in [0.25, 0.3) is 0 Å². The molecule has 2 aromatic rings. The average molecular weight is 405 g/mol. The molecule has 0 spiro atoms. The predicted molar refractivity (Wildman–Crippen MR) is 109 cm³/mol. The summed E-state index contributed by atoms with van der Waals surface area (Å²) in [6.45, 7) is 6.45. The van der Waals surface area contributed by atoms with Crippen molar-refractivity contribution in [2.45, 2.75) is 39.8 Å². The minimum absolute atomic E-state index is 0.0860. The van der Waals surface area contributed by atoms with E-state index in [1.807, 2.05) is 19.9 Å². The first-order valence-electron chi connectivity index (χ1n) is 9.33. The SMILES string of the molecule is CC(C)CNC(=O)[C@H](C)N(Cc1ccc(F)cc1)C(=O)Cc1ccccc1Cl. The lowest BCUT2D eigenvalue weighted by Gasteiger charge is -2.29. The van der Waals surface area contributed by atoms with Gasteiger partial charge in [0.15, 0.2) is 0 Å². The van der Waals surface area contributed by atoms with Gasteiger partial charge < -0.3 is 10.2 Å². The Hall–Kier alpha value is -2.40. The molecule has 0 aliphatic heterocycles. The fourth-order valence-electron chi connectivity index (χ4n) is 2.73. The van der Waals surface area contributed by atoms with Crippen molar-refractivity contribution in [3.63, 3.8) is 0 Å². The third-order valence-electron chi connectivity index (χ3n) is 4.42. The third kappa shape index (κ3) is 6.34. The van der Waals surface area contributed by atoms with Gasteiger partial charge in [0.25, 0.3) is 0 Å². The molecule has 0 saturated carbocycles. The van der Waals surface area contributed by atoms with Crippen LogP contribution < -0.4 is 5.32 Å². The number of hydrogen-bond acceptors (Lipinski definition) is 2. The molecule has 0 aliphatic carbocycles. The summed E-state index contributed by atoms with van der Waals surface area (Å²) in [4.78, 5) is 27.1. The summed E-state index contributed by atoms with van der Waals surface area (Å²) in [6.07, 6.45) is 0.0860. The molecule has 4 nitrogen and oxygen atoms in total. The van der Waals surface area contributed by atoms with Crippen LogP contribution in [0, 0.1) is 11.7 Å². The minimum Gasteiger partial charge on any atom is -0.354 e. The maximum absolute atomic E-state index is 13.2. The van der Waals surface area contributed by atoms with E-state index >= 15 is 0 Å². The normalized spacial score (nSPS) is 11.9. The van der Waals surface area contributed by atoms with Gasteiger partial charge >= 0.3 is 0 Å². The lowest BCUT2D eigenvalue weighted by atomic mass is 10.1. The second-order valence-corrected chi connectivity index (χ2v) is 7.64. The number of carbonyl (C=O) groups excluding carboxylic acids is 2. The maximum atomic E-state index is 13.2. The zero-order chi connectivity index (χ0) is 20.7. The summed E-state index contributed by atoms with van der Waals surface area (Å²) in [6, 6.07) is 12.4. The van der Waals surface area contributed by atoms with E-state index in [0.717, 1.165) is 5.56 Å². The number of nitrogens with one attached hydrogen (secondary N) is 1. The summed E-state index contributed by atoms with van der Waals surface area (Å²) >= 11 is 6.19. The second-order valence-electron chi connectivity index (χ2n) is 7.23. The molecule has 0 aromatic heterocycles. The van der Waals surface area contributed by atoms with Crippen LogP contribution in [-0.4, -0.2) is 29.3 Å². The number of nitrogens with zero attached hydrogens (tertiary/aromatic N) is 1. The molecular weight excluding hydrogens is 379 g/mol. The van der Waals surface area contributed by atoms with Crippen LogP contribution in [0.2, 0.25) is 5.02 Å². The molecule has 1 N–H and O–H groups in total. The van der Waals surface area contributed by atoms with E-state index in [4.69, 9.17) is 11.6 Å². The van der Waals surface area contributed by atoms with Gasteiger partial charge in [-0.2, -0.15) is 0 Å². The molecule has 0 bridgehead atoms. The second kappa shape index (κ2) is 10.2. The van der Waals surface area contributed by atoms with Crippen LogP contribution >= 0.6 is 11.6 Å². The van der Waals surface area contributed by atoms with Crippen LogP contribution in [0.1, 0.15) is 31.9 Å². The van der Waals surface area contributed by atoms with Gasteiger partial charge in [-0.3, -0.25) is 9.59 Å². The molecule has 1 atom stereocenters. The molecule has 0 unspecified atom stereocenters. The Kier molecular flexibility index (Phi) is 8.00. The quantitative estimate of drug-likeness (QED) is 0.716. The fraction of sp³-hybridized carbons (Fsp3) is 0.364. The Bertz CT molecular complexity index is 808. The first kappa shape index (κ1) is 21.9. The topological polar surface area (TPSA) is 49.4 Å². The molecule has 0 saturated heterocycles. The standard InChI is InChI=1S/C22H26ClFN2O2/c1-15(2)13-25-22(28)16(3)26(14-17-8-10-19(24)11-9-17)21(27)12-18-6-4-5-7-20(18)23/h4-11,15-16H,12-14H2,1-3H3,(H,25,28)/t16-/m0/s1. The van der Waals surface area contributed by atoms with Crippen molar-refractivity contribution in [1.82, 2.24) is 10.2 Å². The van der Waals surface area contributed by atoms with Gasteiger partial charge in [-0.25, -0.2) is 4.39 Å². The van der Waals surface area contributed by atoms with E-state index < -0.39 is 6.04 Å². The fourth-order valence-corrected chi connectivity index (χ4v) is 2.93. The molecule has 28 heavy (non-hydrogen) atoms. The highest BCUT2D eigenvalue weighted by molar-refractivity contribution is 6.31. The zero-order valence-corrected chi connectivity index (χ0v) is 17.2. The zero-order valence-electron chi connectivity index (χ0n) is 16.4. The first-order chi connectivity index (χ1) is 13.3. The Morgan fingerprint density at radius 2 is 1.71 bits per heavy atom. The van der Waals surface area contributed by atoms with E-state index in [-0.39, 0.29) is 30.6 Å². The summed E-state index contributed by atoms with van der Waals surface area (Å²) in [5.41, 5.74) is 1.45. The highest BCUT2D eigenvalue weighted by Crippen LogP contribution is 2.18. The van der Waals surface area contributed by atoms with Gasteiger partial charge in [0.05, 0.1) is 6.42 Å². The highest BCUT2D eigenvalue weighted by atomic mass is 35.5. The largest absolute Gasteiger partial charge is 0.354 e. The van der Waals surface area contributed by atoms with Gasteiger partial charge in [-0.15, -0.1) is 0 Å². The lowest BCUT2D eigenvalue weighted by molar-refractivity contribution is -0.140. The summed E-state index contributed by atoms with van der Waals surface area (Å²) in [5, 5.41) is 3.38. The van der Waals surface area contributed by atoms with Crippen molar-refractivity contribution >= 4 is 23.4 Å². The molecule has 0 heterocycles. The molecular formula is C22H26ClFN2O2. The van der Waals surface area contributed by atoms with Crippen molar-refractivity contribution in [2.24, 2.45) is 5.92 Å². The van der Waals surface area contributed by atoms with Crippen LogP contribution in [-0.2, 0) is 22.6 Å². The number of amides is 2. The van der Waals surface area contributed by atoms with Crippen molar-refractivity contribution in [1.29, 1.82) is 0 Å². The third-order valence-corrected chi connectivity index (χ3v) is 4.79. The van der Waals surface area contributed by atoms with E-state index in [9.17, 15) is 14.0 Å². The van der Waals surface area contributed by atoms with Gasteiger partial charge in [0, 0.05) is 18.1 Å². The van der Waals surface area contributed by atoms with Gasteiger partial charge in [-0.05, 0) is 42.2 Å². The molecule has 2 rings (SSSR count). The smallest absolute Gasteiger partial charge is 0.242 e. The molecule has 6 heteroatoms. The maximum Gasteiger partial charge on any atom is 0.242 e. The summed E-state index contributed by atoms with van der Waals surface area (Å²) in [7, 11) is 0. The Morgan fingerprint density at radius 3 is 2.32 bits per heavy atom. The summed E-state index contributed by atoms with van der Waals surface area (Å²) in [5.74, 6) is -0.478. The van der Waals surface area contributed by atoms with E-state index in [1.165, 1.54) is 17.0 Å². The van der Waals surface area contributed by atoms with Crippen LogP contribution in [0.5, 0.6) is 0 Å². The van der Waals surface area contributed by atoms with E-state index in [0.29, 0.717) is 23.0 Å². The van der Waals surface area contributed by atoms with Crippen molar-refractivity contribution in [2.75, 3.05) is 6.54 Å². The number of carbonyl (C=O) groups is 2. The number of halogens is 2.